The van der Waals surface area contributed by atoms with Crippen LogP contribution in [0.25, 0.3) is 0 Å². The van der Waals surface area contributed by atoms with Gasteiger partial charge in [0.05, 0.1) is 12.2 Å². The van der Waals surface area contributed by atoms with Gasteiger partial charge in [0, 0.05) is 12.5 Å². The van der Waals surface area contributed by atoms with Gasteiger partial charge in [-0.25, -0.2) is 0 Å². The lowest BCUT2D eigenvalue weighted by molar-refractivity contribution is -0.122. The molecule has 0 saturated heterocycles. The topological polar surface area (TPSA) is 69.6 Å². The van der Waals surface area contributed by atoms with Crippen LogP contribution in [0.15, 0.2) is 0 Å². The second-order valence-corrected chi connectivity index (χ2v) is 4.46. The molecule has 15 heavy (non-hydrogen) atoms. The number of aliphatic hydroxyl groups excluding tert-OH is 2. The zero-order chi connectivity index (χ0) is 11.3. The summed E-state index contributed by atoms with van der Waals surface area (Å²) in [6.45, 7) is 1.68. The molecule has 1 rings (SSSR count). The fourth-order valence-corrected chi connectivity index (χ4v) is 1.86. The van der Waals surface area contributed by atoms with E-state index < -0.39 is 6.10 Å². The summed E-state index contributed by atoms with van der Waals surface area (Å²) in [4.78, 5) is 11.4. The molecule has 1 atom stereocenters. The van der Waals surface area contributed by atoms with E-state index in [9.17, 15) is 9.90 Å². The molecule has 88 valence electrons. The van der Waals surface area contributed by atoms with Crippen LogP contribution in [0.3, 0.4) is 0 Å². The molecule has 1 aliphatic rings. The van der Waals surface area contributed by atoms with Gasteiger partial charge in [0.2, 0.25) is 5.91 Å². The smallest absolute Gasteiger partial charge is 0.220 e. The third kappa shape index (κ3) is 5.14. The Kier molecular flexibility index (Phi) is 5.05. The predicted molar refractivity (Wildman–Crippen MR) is 57.3 cm³/mol. The third-order valence-corrected chi connectivity index (χ3v) is 2.85. The van der Waals surface area contributed by atoms with Gasteiger partial charge in [0.15, 0.2) is 0 Å². The van der Waals surface area contributed by atoms with Crippen molar-refractivity contribution >= 4 is 5.91 Å². The molecule has 0 bridgehead atoms. The van der Waals surface area contributed by atoms with E-state index in [1.54, 1.807) is 6.92 Å². The fraction of sp³-hybridized carbons (Fsp3) is 0.909. The van der Waals surface area contributed by atoms with E-state index in [2.05, 4.69) is 5.32 Å². The van der Waals surface area contributed by atoms with Crippen molar-refractivity contribution in [3.8, 4) is 0 Å². The first kappa shape index (κ1) is 12.5. The Balaban J connectivity index is 2.15. The molecule has 0 aromatic rings. The van der Waals surface area contributed by atoms with Gasteiger partial charge in [-0.1, -0.05) is 0 Å². The summed E-state index contributed by atoms with van der Waals surface area (Å²) < 4.78 is 0. The van der Waals surface area contributed by atoms with Gasteiger partial charge in [0.25, 0.3) is 0 Å². The van der Waals surface area contributed by atoms with Gasteiger partial charge in [0.1, 0.15) is 0 Å². The summed E-state index contributed by atoms with van der Waals surface area (Å²) in [5.41, 5.74) is 0. The average Bonchev–Trinajstić information content (AvgIpc) is 2.19. The summed E-state index contributed by atoms with van der Waals surface area (Å²) in [6, 6.07) is 0.217. The highest BCUT2D eigenvalue weighted by Crippen LogP contribution is 2.18. The first-order chi connectivity index (χ1) is 7.08. The quantitative estimate of drug-likeness (QED) is 0.642. The minimum absolute atomic E-state index is 0.0114. The summed E-state index contributed by atoms with van der Waals surface area (Å²) in [7, 11) is 0. The van der Waals surface area contributed by atoms with Gasteiger partial charge in [-0.05, 0) is 39.0 Å². The van der Waals surface area contributed by atoms with Crippen molar-refractivity contribution in [1.29, 1.82) is 0 Å². The lowest BCUT2D eigenvalue weighted by atomic mass is 9.93. The second kappa shape index (κ2) is 6.08. The monoisotopic (exact) mass is 215 g/mol. The predicted octanol–water partition coefficient (Wildman–Crippen LogP) is 0.567. The first-order valence-corrected chi connectivity index (χ1v) is 5.73. The van der Waals surface area contributed by atoms with Gasteiger partial charge < -0.3 is 15.5 Å². The number of carbonyl (C=O) groups is 1. The van der Waals surface area contributed by atoms with Crippen LogP contribution in [-0.2, 0) is 4.79 Å². The standard InChI is InChI=1S/C11H21NO3/c1-8(13)2-7-11(15)12-9-3-5-10(14)6-4-9/h8-10,13-14H,2-7H2,1H3,(H,12,15). The van der Waals surface area contributed by atoms with Crippen LogP contribution in [-0.4, -0.2) is 34.4 Å². The fourth-order valence-electron chi connectivity index (χ4n) is 1.86. The van der Waals surface area contributed by atoms with Crippen molar-refractivity contribution in [3.05, 3.63) is 0 Å². The lowest BCUT2D eigenvalue weighted by Gasteiger charge is -2.26. The van der Waals surface area contributed by atoms with Crippen molar-refractivity contribution in [2.45, 2.75) is 63.7 Å². The van der Waals surface area contributed by atoms with Gasteiger partial charge >= 0.3 is 0 Å². The van der Waals surface area contributed by atoms with Crippen molar-refractivity contribution in [1.82, 2.24) is 5.32 Å². The second-order valence-electron chi connectivity index (χ2n) is 4.46. The van der Waals surface area contributed by atoms with E-state index in [1.807, 2.05) is 0 Å². The largest absolute Gasteiger partial charge is 0.393 e. The number of aliphatic hydroxyl groups is 2. The summed E-state index contributed by atoms with van der Waals surface area (Å²) in [6.07, 6.45) is 3.59. The Hall–Kier alpha value is -0.610. The van der Waals surface area contributed by atoms with Crippen molar-refractivity contribution in [3.63, 3.8) is 0 Å². The van der Waals surface area contributed by atoms with Gasteiger partial charge in [-0.3, -0.25) is 4.79 Å². The Morgan fingerprint density at radius 2 is 2.00 bits per heavy atom. The highest BCUT2D eigenvalue weighted by atomic mass is 16.3. The maximum absolute atomic E-state index is 11.4. The SMILES string of the molecule is CC(O)CCC(=O)NC1CCC(O)CC1. The average molecular weight is 215 g/mol. The normalized spacial score (nSPS) is 28.5. The van der Waals surface area contributed by atoms with E-state index >= 15 is 0 Å². The zero-order valence-corrected chi connectivity index (χ0v) is 9.28. The summed E-state index contributed by atoms with van der Waals surface area (Å²) in [5, 5.41) is 21.3. The molecule has 0 spiro atoms. The Bertz CT molecular complexity index is 198. The molecule has 0 heterocycles. The number of hydrogen-bond donors (Lipinski definition) is 3. The maximum Gasteiger partial charge on any atom is 0.220 e. The van der Waals surface area contributed by atoms with Crippen LogP contribution in [0.5, 0.6) is 0 Å². The van der Waals surface area contributed by atoms with Crippen LogP contribution in [0.4, 0.5) is 0 Å². The van der Waals surface area contributed by atoms with E-state index in [4.69, 9.17) is 5.11 Å². The zero-order valence-electron chi connectivity index (χ0n) is 9.28. The molecule has 1 unspecified atom stereocenters. The van der Waals surface area contributed by atoms with Crippen molar-refractivity contribution in [2.24, 2.45) is 0 Å². The molecule has 0 radical (unpaired) electrons. The molecule has 0 aliphatic heterocycles. The third-order valence-electron chi connectivity index (χ3n) is 2.85. The highest BCUT2D eigenvalue weighted by molar-refractivity contribution is 5.76. The number of hydrogen-bond acceptors (Lipinski definition) is 3. The Labute approximate surface area is 90.7 Å². The van der Waals surface area contributed by atoms with Crippen LogP contribution < -0.4 is 5.32 Å². The van der Waals surface area contributed by atoms with Crippen molar-refractivity contribution in [2.75, 3.05) is 0 Å². The van der Waals surface area contributed by atoms with Crippen molar-refractivity contribution < 1.29 is 15.0 Å². The molecule has 3 N–H and O–H groups in total. The van der Waals surface area contributed by atoms with E-state index in [1.165, 1.54) is 0 Å². The highest BCUT2D eigenvalue weighted by Gasteiger charge is 2.20. The summed E-state index contributed by atoms with van der Waals surface area (Å²) >= 11 is 0. The van der Waals surface area contributed by atoms with Crippen LogP contribution in [0, 0.1) is 0 Å². The molecule has 1 amide bonds. The molecule has 0 aromatic heterocycles. The Morgan fingerprint density at radius 1 is 1.40 bits per heavy atom. The Morgan fingerprint density at radius 3 is 2.53 bits per heavy atom. The number of nitrogens with one attached hydrogen (secondary N) is 1. The van der Waals surface area contributed by atoms with Crippen LogP contribution in [0.2, 0.25) is 0 Å². The van der Waals surface area contributed by atoms with E-state index in [0.29, 0.717) is 12.8 Å². The molecular weight excluding hydrogens is 194 g/mol. The molecule has 1 fully saturated rings. The first-order valence-electron chi connectivity index (χ1n) is 5.73. The van der Waals surface area contributed by atoms with E-state index in [0.717, 1.165) is 25.7 Å². The van der Waals surface area contributed by atoms with Crippen LogP contribution in [0.1, 0.15) is 45.4 Å². The molecule has 1 saturated carbocycles. The summed E-state index contributed by atoms with van der Waals surface area (Å²) in [5.74, 6) is 0.0114. The minimum Gasteiger partial charge on any atom is -0.393 e. The minimum atomic E-state index is -0.413. The number of carbonyl (C=O) groups excluding carboxylic acids is 1. The van der Waals surface area contributed by atoms with E-state index in [-0.39, 0.29) is 18.1 Å². The lowest BCUT2D eigenvalue weighted by Crippen LogP contribution is -2.38. The molecule has 4 heteroatoms. The van der Waals surface area contributed by atoms with Gasteiger partial charge in [-0.2, -0.15) is 0 Å². The maximum atomic E-state index is 11.4. The molecular formula is C11H21NO3. The number of rotatable bonds is 4. The number of amides is 1. The van der Waals surface area contributed by atoms with Crippen LogP contribution >= 0.6 is 0 Å². The molecule has 0 aromatic carbocycles. The molecule has 1 aliphatic carbocycles. The van der Waals surface area contributed by atoms with Gasteiger partial charge in [-0.15, -0.1) is 0 Å². The molecule has 4 nitrogen and oxygen atoms in total.